The molecular weight excluding hydrogens is 186 g/mol. The molecular formula is C9H15NO4. The highest BCUT2D eigenvalue weighted by Gasteiger charge is 2.28. The molecule has 0 aromatic carbocycles. The summed E-state index contributed by atoms with van der Waals surface area (Å²) in [5, 5.41) is 17.8. The number of aliphatic hydroxyl groups is 1. The number of carbonyl (C=O) groups is 2. The van der Waals surface area contributed by atoms with Crippen LogP contribution in [0.15, 0.2) is 0 Å². The number of amides is 1. The number of carboxylic acids is 1. The third-order valence-electron chi connectivity index (χ3n) is 2.51. The van der Waals surface area contributed by atoms with Crippen molar-refractivity contribution in [2.24, 2.45) is 5.92 Å². The SMILES string of the molecule is C[C@H](O)C(=O)N1CCC(C(=O)O)CC1. The van der Waals surface area contributed by atoms with Crippen LogP contribution in [-0.2, 0) is 9.59 Å². The number of carbonyl (C=O) groups excluding carboxylic acids is 1. The maximum Gasteiger partial charge on any atom is 0.306 e. The number of likely N-dealkylation sites (tertiary alicyclic amines) is 1. The highest BCUT2D eigenvalue weighted by atomic mass is 16.4. The van der Waals surface area contributed by atoms with Gasteiger partial charge in [-0.1, -0.05) is 0 Å². The smallest absolute Gasteiger partial charge is 0.306 e. The van der Waals surface area contributed by atoms with Crippen molar-refractivity contribution >= 4 is 11.9 Å². The molecule has 0 aliphatic carbocycles. The zero-order valence-electron chi connectivity index (χ0n) is 8.14. The van der Waals surface area contributed by atoms with Crippen molar-refractivity contribution in [3.63, 3.8) is 0 Å². The molecule has 0 aromatic heterocycles. The van der Waals surface area contributed by atoms with Crippen LogP contribution in [0, 0.1) is 5.92 Å². The Morgan fingerprint density at radius 3 is 2.21 bits per heavy atom. The normalized spacial score (nSPS) is 20.6. The standard InChI is InChI=1S/C9H15NO4/c1-6(11)8(12)10-4-2-7(3-5-10)9(13)14/h6-7,11H,2-5H2,1H3,(H,13,14)/t6-/m0/s1. The second-order valence-corrected chi connectivity index (χ2v) is 3.61. The molecule has 5 nitrogen and oxygen atoms in total. The van der Waals surface area contributed by atoms with Crippen molar-refractivity contribution in [2.45, 2.75) is 25.9 Å². The topological polar surface area (TPSA) is 77.8 Å². The Hall–Kier alpha value is -1.10. The Bertz CT molecular complexity index is 231. The summed E-state index contributed by atoms with van der Waals surface area (Å²) in [4.78, 5) is 23.4. The van der Waals surface area contributed by atoms with E-state index in [2.05, 4.69) is 0 Å². The van der Waals surface area contributed by atoms with Crippen LogP contribution < -0.4 is 0 Å². The molecule has 80 valence electrons. The minimum Gasteiger partial charge on any atom is -0.481 e. The minimum absolute atomic E-state index is 0.311. The van der Waals surface area contributed by atoms with E-state index in [1.807, 2.05) is 0 Å². The third kappa shape index (κ3) is 2.45. The maximum absolute atomic E-state index is 11.3. The van der Waals surface area contributed by atoms with E-state index in [9.17, 15) is 9.59 Å². The van der Waals surface area contributed by atoms with Gasteiger partial charge in [-0.2, -0.15) is 0 Å². The minimum atomic E-state index is -0.989. The summed E-state index contributed by atoms with van der Waals surface area (Å²) in [5.74, 6) is -1.45. The fourth-order valence-electron chi connectivity index (χ4n) is 1.61. The molecule has 14 heavy (non-hydrogen) atoms. The molecule has 1 aliphatic rings. The fourth-order valence-corrected chi connectivity index (χ4v) is 1.61. The van der Waals surface area contributed by atoms with Gasteiger partial charge in [-0.05, 0) is 19.8 Å². The lowest BCUT2D eigenvalue weighted by Gasteiger charge is -2.30. The van der Waals surface area contributed by atoms with E-state index in [0.717, 1.165) is 0 Å². The average Bonchev–Trinajstić information content (AvgIpc) is 2.16. The summed E-state index contributed by atoms with van der Waals surface area (Å²) in [6.45, 7) is 2.28. The van der Waals surface area contributed by atoms with Crippen LogP contribution in [0.4, 0.5) is 0 Å². The zero-order valence-corrected chi connectivity index (χ0v) is 8.14. The first-order chi connectivity index (χ1) is 6.52. The van der Waals surface area contributed by atoms with E-state index in [4.69, 9.17) is 10.2 Å². The van der Waals surface area contributed by atoms with E-state index in [0.29, 0.717) is 25.9 Å². The van der Waals surface area contributed by atoms with Gasteiger partial charge in [0.05, 0.1) is 5.92 Å². The van der Waals surface area contributed by atoms with Gasteiger partial charge < -0.3 is 15.1 Å². The van der Waals surface area contributed by atoms with Crippen LogP contribution in [0.3, 0.4) is 0 Å². The van der Waals surface area contributed by atoms with Gasteiger partial charge in [-0.3, -0.25) is 9.59 Å². The molecule has 1 saturated heterocycles. The van der Waals surface area contributed by atoms with Crippen molar-refractivity contribution in [3.05, 3.63) is 0 Å². The van der Waals surface area contributed by atoms with E-state index >= 15 is 0 Å². The lowest BCUT2D eigenvalue weighted by Crippen LogP contribution is -2.44. The van der Waals surface area contributed by atoms with Gasteiger partial charge in [0.25, 0.3) is 5.91 Å². The predicted molar refractivity (Wildman–Crippen MR) is 48.6 cm³/mol. The second kappa shape index (κ2) is 4.41. The zero-order chi connectivity index (χ0) is 10.7. The van der Waals surface area contributed by atoms with E-state index < -0.39 is 12.1 Å². The highest BCUT2D eigenvalue weighted by molar-refractivity contribution is 5.80. The Morgan fingerprint density at radius 1 is 1.36 bits per heavy atom. The number of aliphatic hydroxyl groups excluding tert-OH is 1. The average molecular weight is 201 g/mol. The second-order valence-electron chi connectivity index (χ2n) is 3.61. The molecule has 0 saturated carbocycles. The summed E-state index contributed by atoms with van der Waals surface area (Å²) < 4.78 is 0. The van der Waals surface area contributed by atoms with Crippen molar-refractivity contribution < 1.29 is 19.8 Å². The van der Waals surface area contributed by atoms with Crippen LogP contribution in [0.1, 0.15) is 19.8 Å². The third-order valence-corrected chi connectivity index (χ3v) is 2.51. The first kappa shape index (κ1) is 11.0. The van der Waals surface area contributed by atoms with Crippen molar-refractivity contribution in [2.75, 3.05) is 13.1 Å². The molecule has 0 bridgehead atoms. The van der Waals surface area contributed by atoms with E-state index in [-0.39, 0.29) is 11.8 Å². The molecule has 1 fully saturated rings. The van der Waals surface area contributed by atoms with Gasteiger partial charge in [-0.25, -0.2) is 0 Å². The summed E-state index contributed by atoms with van der Waals surface area (Å²) in [5.41, 5.74) is 0. The van der Waals surface area contributed by atoms with Crippen molar-refractivity contribution in [3.8, 4) is 0 Å². The maximum atomic E-state index is 11.3. The molecule has 1 aliphatic heterocycles. The lowest BCUT2D eigenvalue weighted by molar-refractivity contribution is -0.147. The first-order valence-corrected chi connectivity index (χ1v) is 4.72. The Morgan fingerprint density at radius 2 is 1.86 bits per heavy atom. The van der Waals surface area contributed by atoms with Crippen LogP contribution in [0.2, 0.25) is 0 Å². The molecule has 0 aromatic rings. The number of piperidine rings is 1. The Balaban J connectivity index is 2.43. The number of hydrogen-bond donors (Lipinski definition) is 2. The Kier molecular flexibility index (Phi) is 3.46. The van der Waals surface area contributed by atoms with Gasteiger partial charge >= 0.3 is 5.97 Å². The first-order valence-electron chi connectivity index (χ1n) is 4.72. The number of rotatable bonds is 2. The number of hydrogen-bond acceptors (Lipinski definition) is 3. The molecule has 1 heterocycles. The van der Waals surface area contributed by atoms with Gasteiger partial charge in [0.15, 0.2) is 0 Å². The van der Waals surface area contributed by atoms with Crippen molar-refractivity contribution in [1.82, 2.24) is 4.90 Å². The molecule has 1 amide bonds. The molecule has 1 rings (SSSR count). The van der Waals surface area contributed by atoms with Crippen LogP contribution in [-0.4, -0.2) is 46.2 Å². The van der Waals surface area contributed by atoms with Gasteiger partial charge in [0.2, 0.25) is 0 Å². The predicted octanol–water partition coefficient (Wildman–Crippen LogP) is -0.310. The summed E-state index contributed by atoms with van der Waals surface area (Å²) in [6.07, 6.45) is -0.0296. The number of aliphatic carboxylic acids is 1. The molecule has 5 heteroatoms. The van der Waals surface area contributed by atoms with E-state index in [1.54, 1.807) is 0 Å². The van der Waals surface area contributed by atoms with Gasteiger partial charge in [0.1, 0.15) is 6.10 Å². The highest BCUT2D eigenvalue weighted by Crippen LogP contribution is 2.17. The molecule has 1 atom stereocenters. The molecule has 2 N–H and O–H groups in total. The largest absolute Gasteiger partial charge is 0.481 e. The Labute approximate surface area is 82.3 Å². The molecule has 0 radical (unpaired) electrons. The van der Waals surface area contributed by atoms with Crippen LogP contribution in [0.25, 0.3) is 0 Å². The quantitative estimate of drug-likeness (QED) is 0.642. The van der Waals surface area contributed by atoms with Crippen LogP contribution in [0.5, 0.6) is 0 Å². The lowest BCUT2D eigenvalue weighted by atomic mass is 9.97. The summed E-state index contributed by atoms with van der Waals surface area (Å²) in [6, 6.07) is 0. The van der Waals surface area contributed by atoms with Gasteiger partial charge in [-0.15, -0.1) is 0 Å². The fraction of sp³-hybridized carbons (Fsp3) is 0.778. The summed E-state index contributed by atoms with van der Waals surface area (Å²) >= 11 is 0. The van der Waals surface area contributed by atoms with Crippen LogP contribution >= 0.6 is 0 Å². The number of carboxylic acid groups (broad SMARTS) is 1. The van der Waals surface area contributed by atoms with E-state index in [1.165, 1.54) is 11.8 Å². The molecule has 0 unspecified atom stereocenters. The monoisotopic (exact) mass is 201 g/mol. The van der Waals surface area contributed by atoms with Gasteiger partial charge in [0, 0.05) is 13.1 Å². The summed E-state index contributed by atoms with van der Waals surface area (Å²) in [7, 11) is 0. The van der Waals surface area contributed by atoms with Crippen molar-refractivity contribution in [1.29, 1.82) is 0 Å². The molecule has 0 spiro atoms. The number of nitrogens with zero attached hydrogens (tertiary/aromatic N) is 1.